The second kappa shape index (κ2) is 5.74. The first kappa shape index (κ1) is 14.1. The van der Waals surface area contributed by atoms with Crippen LogP contribution in [0.5, 0.6) is 5.75 Å². The number of rotatable bonds is 3. The summed E-state index contributed by atoms with van der Waals surface area (Å²) >= 11 is 0. The highest BCUT2D eigenvalue weighted by Crippen LogP contribution is 2.25. The van der Waals surface area contributed by atoms with E-state index in [0.29, 0.717) is 0 Å². The van der Waals surface area contributed by atoms with Crippen LogP contribution < -0.4 is 4.74 Å². The van der Waals surface area contributed by atoms with Gasteiger partial charge in [0.2, 0.25) is 0 Å². The molecule has 0 aromatic heterocycles. The number of benzene rings is 2. The quantitative estimate of drug-likeness (QED) is 0.636. The van der Waals surface area contributed by atoms with Gasteiger partial charge < -0.3 is 9.47 Å². The zero-order valence-corrected chi connectivity index (χ0v) is 11.7. The Bertz CT molecular complexity index is 661. The summed E-state index contributed by atoms with van der Waals surface area (Å²) in [5.41, 5.74) is 0.814. The smallest absolute Gasteiger partial charge is 0.320 e. The van der Waals surface area contributed by atoms with Crippen LogP contribution >= 0.6 is 0 Å². The van der Waals surface area contributed by atoms with Crippen molar-refractivity contribution in [3.05, 3.63) is 42.0 Å². The van der Waals surface area contributed by atoms with Gasteiger partial charge in [-0.3, -0.25) is 9.59 Å². The Morgan fingerprint density at radius 2 is 1.70 bits per heavy atom. The third-order valence-electron chi connectivity index (χ3n) is 3.17. The van der Waals surface area contributed by atoms with Crippen molar-refractivity contribution in [2.75, 3.05) is 7.11 Å². The molecule has 0 aliphatic rings. The molecule has 0 bridgehead atoms. The van der Waals surface area contributed by atoms with E-state index in [2.05, 4.69) is 4.74 Å². The molecule has 0 amide bonds. The van der Waals surface area contributed by atoms with Crippen LogP contribution in [-0.4, -0.2) is 19.0 Å². The maximum atomic E-state index is 11.7. The number of ether oxygens (including phenoxy) is 2. The molecular weight excluding hydrogens is 256 g/mol. The molecule has 4 nitrogen and oxygen atoms in total. The van der Waals surface area contributed by atoms with Crippen LogP contribution in [0.15, 0.2) is 36.4 Å². The van der Waals surface area contributed by atoms with Gasteiger partial charge in [-0.2, -0.15) is 0 Å². The molecule has 2 rings (SSSR count). The minimum absolute atomic E-state index is 0.481. The average Bonchev–Trinajstić information content (AvgIpc) is 2.44. The maximum Gasteiger partial charge on any atom is 0.320 e. The predicted molar refractivity (Wildman–Crippen MR) is 75.7 cm³/mol. The molecule has 0 radical (unpaired) electrons. The van der Waals surface area contributed by atoms with Crippen LogP contribution in [0.3, 0.4) is 0 Å². The molecule has 2 aromatic rings. The molecule has 20 heavy (non-hydrogen) atoms. The second-order valence-corrected chi connectivity index (χ2v) is 4.61. The van der Waals surface area contributed by atoms with Gasteiger partial charge in [-0.05, 0) is 35.4 Å². The van der Waals surface area contributed by atoms with Gasteiger partial charge in [-0.15, -0.1) is 0 Å². The Balaban J connectivity index is 2.31. The molecular formula is C16H16O4. The lowest BCUT2D eigenvalue weighted by atomic mass is 9.98. The summed E-state index contributed by atoms with van der Waals surface area (Å²) in [4.78, 5) is 22.5. The summed E-state index contributed by atoms with van der Waals surface area (Å²) in [5.74, 6) is -0.822. The number of fused-ring (bicyclic) bond motifs is 1. The van der Waals surface area contributed by atoms with E-state index < -0.39 is 17.9 Å². The highest BCUT2D eigenvalue weighted by Gasteiger charge is 2.18. The van der Waals surface area contributed by atoms with Crippen molar-refractivity contribution in [2.45, 2.75) is 19.8 Å². The Hall–Kier alpha value is -2.36. The zero-order valence-electron chi connectivity index (χ0n) is 11.7. The van der Waals surface area contributed by atoms with Crippen molar-refractivity contribution in [1.29, 1.82) is 0 Å². The normalized spacial score (nSPS) is 11.9. The molecule has 0 heterocycles. The summed E-state index contributed by atoms with van der Waals surface area (Å²) in [6.45, 7) is 2.94. The Labute approximate surface area is 117 Å². The Kier molecular flexibility index (Phi) is 4.03. The van der Waals surface area contributed by atoms with Crippen LogP contribution in [0.25, 0.3) is 10.8 Å². The largest absolute Gasteiger partial charge is 0.497 e. The molecule has 0 spiro atoms. The highest BCUT2D eigenvalue weighted by atomic mass is 16.6. The molecule has 4 heteroatoms. The molecule has 1 unspecified atom stereocenters. The van der Waals surface area contributed by atoms with Gasteiger partial charge in [0.25, 0.3) is 0 Å². The van der Waals surface area contributed by atoms with Gasteiger partial charge >= 0.3 is 11.9 Å². The number of hydrogen-bond donors (Lipinski definition) is 0. The number of carbonyl (C=O) groups is 2. The van der Waals surface area contributed by atoms with Gasteiger partial charge in [0, 0.05) is 6.92 Å². The van der Waals surface area contributed by atoms with Crippen LogP contribution in [-0.2, 0) is 14.3 Å². The molecule has 0 aliphatic heterocycles. The van der Waals surface area contributed by atoms with Crippen LogP contribution in [0.1, 0.15) is 25.3 Å². The molecule has 0 aliphatic carbocycles. The lowest BCUT2D eigenvalue weighted by molar-refractivity contribution is -0.158. The Morgan fingerprint density at radius 3 is 2.35 bits per heavy atom. The summed E-state index contributed by atoms with van der Waals surface area (Å²) in [6, 6.07) is 11.4. The third kappa shape index (κ3) is 2.96. The van der Waals surface area contributed by atoms with Gasteiger partial charge in [-0.1, -0.05) is 24.3 Å². The van der Waals surface area contributed by atoms with Crippen molar-refractivity contribution in [1.82, 2.24) is 0 Å². The third-order valence-corrected chi connectivity index (χ3v) is 3.17. The molecule has 0 N–H and O–H groups in total. The van der Waals surface area contributed by atoms with Crippen LogP contribution in [0.4, 0.5) is 0 Å². The van der Waals surface area contributed by atoms with E-state index in [9.17, 15) is 9.59 Å². The predicted octanol–water partition coefficient (Wildman–Crippen LogP) is 3.04. The zero-order chi connectivity index (χ0) is 14.7. The minimum Gasteiger partial charge on any atom is -0.497 e. The lowest BCUT2D eigenvalue weighted by Crippen LogP contribution is -2.15. The van der Waals surface area contributed by atoms with E-state index >= 15 is 0 Å². The first-order valence-electron chi connectivity index (χ1n) is 6.31. The molecule has 104 valence electrons. The van der Waals surface area contributed by atoms with Crippen molar-refractivity contribution in [3.63, 3.8) is 0 Å². The number of esters is 2. The topological polar surface area (TPSA) is 52.6 Å². The lowest BCUT2D eigenvalue weighted by Gasteiger charge is -2.11. The van der Waals surface area contributed by atoms with E-state index in [1.165, 1.54) is 6.92 Å². The van der Waals surface area contributed by atoms with Crippen molar-refractivity contribution < 1.29 is 19.1 Å². The SMILES string of the molecule is COc1ccc2cc(C(C)C(=O)OC(C)=O)ccc2c1. The molecule has 0 fully saturated rings. The van der Waals surface area contributed by atoms with E-state index in [1.54, 1.807) is 14.0 Å². The maximum absolute atomic E-state index is 11.7. The molecule has 0 saturated heterocycles. The summed E-state index contributed by atoms with van der Waals surface area (Å²) in [5, 5.41) is 2.03. The van der Waals surface area contributed by atoms with E-state index in [1.807, 2.05) is 36.4 Å². The monoisotopic (exact) mass is 272 g/mol. The fourth-order valence-electron chi connectivity index (χ4n) is 2.00. The Morgan fingerprint density at radius 1 is 1.05 bits per heavy atom. The molecule has 1 atom stereocenters. The average molecular weight is 272 g/mol. The standard InChI is InChI=1S/C16H16O4/c1-10(16(18)20-11(2)17)12-4-5-14-9-15(19-3)7-6-13(14)8-12/h4-10H,1-3H3. The minimum atomic E-state index is -0.590. The first-order valence-corrected chi connectivity index (χ1v) is 6.31. The summed E-state index contributed by atoms with van der Waals surface area (Å²) in [7, 11) is 1.62. The van der Waals surface area contributed by atoms with Gasteiger partial charge in [0.1, 0.15) is 5.75 Å². The summed E-state index contributed by atoms with van der Waals surface area (Å²) in [6.07, 6.45) is 0. The van der Waals surface area contributed by atoms with Gasteiger partial charge in [-0.25, -0.2) is 0 Å². The van der Waals surface area contributed by atoms with E-state index in [0.717, 1.165) is 22.1 Å². The number of methoxy groups -OCH3 is 1. The first-order chi connectivity index (χ1) is 9.51. The molecule has 0 saturated carbocycles. The highest BCUT2D eigenvalue weighted by molar-refractivity contribution is 5.90. The van der Waals surface area contributed by atoms with Crippen LogP contribution in [0.2, 0.25) is 0 Å². The fourth-order valence-corrected chi connectivity index (χ4v) is 2.00. The van der Waals surface area contributed by atoms with Gasteiger partial charge in [0.05, 0.1) is 13.0 Å². The number of carbonyl (C=O) groups excluding carboxylic acids is 2. The molecule has 2 aromatic carbocycles. The number of hydrogen-bond acceptors (Lipinski definition) is 4. The van der Waals surface area contributed by atoms with Crippen molar-refractivity contribution in [3.8, 4) is 5.75 Å². The van der Waals surface area contributed by atoms with E-state index in [4.69, 9.17) is 4.74 Å². The summed E-state index contributed by atoms with van der Waals surface area (Å²) < 4.78 is 9.79. The van der Waals surface area contributed by atoms with Crippen molar-refractivity contribution in [2.24, 2.45) is 0 Å². The van der Waals surface area contributed by atoms with Crippen molar-refractivity contribution >= 4 is 22.7 Å². The fraction of sp³-hybridized carbons (Fsp3) is 0.250. The second-order valence-electron chi connectivity index (χ2n) is 4.61. The van der Waals surface area contributed by atoms with E-state index in [-0.39, 0.29) is 0 Å². The van der Waals surface area contributed by atoms with Gasteiger partial charge in [0.15, 0.2) is 0 Å². The van der Waals surface area contributed by atoms with Crippen LogP contribution in [0, 0.1) is 0 Å².